The van der Waals surface area contributed by atoms with Crippen LogP contribution >= 0.6 is 0 Å². The van der Waals surface area contributed by atoms with Gasteiger partial charge in [0.25, 0.3) is 10.0 Å². The molecule has 0 heterocycles. The predicted molar refractivity (Wildman–Crippen MR) is 164 cm³/mol. The highest BCUT2D eigenvalue weighted by Gasteiger charge is 2.34. The third-order valence-electron chi connectivity index (χ3n) is 7.20. The Morgan fingerprint density at radius 2 is 1.53 bits per heavy atom. The van der Waals surface area contributed by atoms with Crippen molar-refractivity contribution in [1.82, 2.24) is 10.2 Å². The number of rotatable bonds is 14. The lowest BCUT2D eigenvalue weighted by molar-refractivity contribution is -0.140. The fraction of sp³-hybridized carbons (Fsp3) is 0.375. The second-order valence-electron chi connectivity index (χ2n) is 10.3. The van der Waals surface area contributed by atoms with E-state index in [0.29, 0.717) is 18.6 Å². The molecule has 3 aromatic carbocycles. The first kappa shape index (κ1) is 33.4. The van der Waals surface area contributed by atoms with Crippen LogP contribution < -0.4 is 19.1 Å². The van der Waals surface area contributed by atoms with Gasteiger partial charge >= 0.3 is 0 Å². The SMILES string of the molecule is CC[C@@H](C)NC(=O)[C@@H](CC)N(Cc1ccc(C)cc1)C(=O)CN(c1ccc(F)cc1)S(=O)(=O)c1ccc(OC)c(OC)c1. The lowest BCUT2D eigenvalue weighted by atomic mass is 10.1. The molecule has 0 fully saturated rings. The molecule has 3 aromatic rings. The lowest BCUT2D eigenvalue weighted by Gasteiger charge is -2.33. The van der Waals surface area contributed by atoms with Crippen LogP contribution in [0.4, 0.5) is 10.1 Å². The second-order valence-corrected chi connectivity index (χ2v) is 12.1. The fourth-order valence-corrected chi connectivity index (χ4v) is 5.92. The van der Waals surface area contributed by atoms with Gasteiger partial charge in [-0.05, 0) is 68.7 Å². The number of hydrogen-bond acceptors (Lipinski definition) is 6. The molecule has 232 valence electrons. The van der Waals surface area contributed by atoms with Crippen LogP contribution in [-0.2, 0) is 26.2 Å². The zero-order valence-electron chi connectivity index (χ0n) is 25.5. The van der Waals surface area contributed by atoms with E-state index < -0.39 is 34.3 Å². The van der Waals surface area contributed by atoms with Crippen LogP contribution in [0, 0.1) is 12.7 Å². The first-order valence-electron chi connectivity index (χ1n) is 14.1. The molecule has 43 heavy (non-hydrogen) atoms. The van der Waals surface area contributed by atoms with Crippen molar-refractivity contribution in [3.63, 3.8) is 0 Å². The highest BCUT2D eigenvalue weighted by atomic mass is 32.2. The first-order valence-corrected chi connectivity index (χ1v) is 15.5. The van der Waals surface area contributed by atoms with E-state index in [4.69, 9.17) is 9.47 Å². The van der Waals surface area contributed by atoms with Gasteiger partial charge in [-0.25, -0.2) is 12.8 Å². The average molecular weight is 614 g/mol. The van der Waals surface area contributed by atoms with Gasteiger partial charge in [-0.15, -0.1) is 0 Å². The van der Waals surface area contributed by atoms with Crippen LogP contribution in [-0.4, -0.2) is 58.0 Å². The Balaban J connectivity index is 2.09. The maximum Gasteiger partial charge on any atom is 0.264 e. The molecule has 0 aliphatic carbocycles. The molecule has 0 saturated carbocycles. The number of halogens is 1. The summed E-state index contributed by atoms with van der Waals surface area (Å²) in [4.78, 5) is 28.8. The number of anilines is 1. The molecule has 2 atom stereocenters. The van der Waals surface area contributed by atoms with Crippen molar-refractivity contribution >= 4 is 27.5 Å². The van der Waals surface area contributed by atoms with E-state index in [0.717, 1.165) is 27.6 Å². The van der Waals surface area contributed by atoms with E-state index >= 15 is 0 Å². The number of aryl methyl sites for hydroxylation is 1. The number of sulfonamides is 1. The smallest absolute Gasteiger partial charge is 0.264 e. The highest BCUT2D eigenvalue weighted by molar-refractivity contribution is 7.92. The van der Waals surface area contributed by atoms with Gasteiger partial charge in [-0.3, -0.25) is 13.9 Å². The van der Waals surface area contributed by atoms with E-state index in [1.807, 2.05) is 45.0 Å². The molecule has 2 amide bonds. The van der Waals surface area contributed by atoms with Crippen LogP contribution in [0.3, 0.4) is 0 Å². The summed E-state index contributed by atoms with van der Waals surface area (Å²) < 4.78 is 53.5. The minimum atomic E-state index is -4.38. The number of nitrogens with one attached hydrogen (secondary N) is 1. The largest absolute Gasteiger partial charge is 0.493 e. The van der Waals surface area contributed by atoms with Gasteiger partial charge in [0.05, 0.1) is 24.8 Å². The third kappa shape index (κ3) is 8.25. The van der Waals surface area contributed by atoms with E-state index in [1.54, 1.807) is 6.92 Å². The van der Waals surface area contributed by atoms with Crippen molar-refractivity contribution in [1.29, 1.82) is 0 Å². The molecule has 3 rings (SSSR count). The third-order valence-corrected chi connectivity index (χ3v) is 8.97. The van der Waals surface area contributed by atoms with Crippen LogP contribution in [0.25, 0.3) is 0 Å². The van der Waals surface area contributed by atoms with Gasteiger partial charge in [0.15, 0.2) is 11.5 Å². The Morgan fingerprint density at radius 3 is 2.09 bits per heavy atom. The quantitative estimate of drug-likeness (QED) is 0.272. The van der Waals surface area contributed by atoms with Gasteiger partial charge in [-0.1, -0.05) is 43.7 Å². The summed E-state index contributed by atoms with van der Waals surface area (Å²) in [5, 5.41) is 2.95. The van der Waals surface area contributed by atoms with Crippen molar-refractivity contribution in [2.24, 2.45) is 0 Å². The van der Waals surface area contributed by atoms with Gasteiger partial charge in [0, 0.05) is 18.7 Å². The molecular weight excluding hydrogens is 573 g/mol. The number of benzene rings is 3. The molecule has 0 bridgehead atoms. The summed E-state index contributed by atoms with van der Waals surface area (Å²) in [6.07, 6.45) is 1.01. The fourth-order valence-electron chi connectivity index (χ4n) is 4.49. The Labute approximate surface area is 253 Å². The van der Waals surface area contributed by atoms with E-state index in [1.165, 1.54) is 49.5 Å². The molecular formula is C32H40FN3O6S. The molecule has 9 nitrogen and oxygen atoms in total. The maximum absolute atomic E-state index is 14.1. The summed E-state index contributed by atoms with van der Waals surface area (Å²) >= 11 is 0. The van der Waals surface area contributed by atoms with E-state index in [-0.39, 0.29) is 34.8 Å². The summed E-state index contributed by atoms with van der Waals surface area (Å²) in [5.74, 6) is -0.975. The Bertz CT molecular complexity index is 1500. The minimum absolute atomic E-state index is 0.0805. The van der Waals surface area contributed by atoms with Crippen molar-refractivity contribution in [2.75, 3.05) is 25.1 Å². The predicted octanol–water partition coefficient (Wildman–Crippen LogP) is 5.07. The van der Waals surface area contributed by atoms with Crippen molar-refractivity contribution in [3.8, 4) is 11.5 Å². The number of carbonyl (C=O) groups is 2. The molecule has 0 spiro atoms. The second kappa shape index (κ2) is 14.9. The topological polar surface area (TPSA) is 105 Å². The normalized spacial score (nSPS) is 12.6. The number of nitrogens with zero attached hydrogens (tertiary/aromatic N) is 2. The zero-order valence-corrected chi connectivity index (χ0v) is 26.3. The number of methoxy groups -OCH3 is 2. The lowest BCUT2D eigenvalue weighted by Crippen LogP contribution is -2.53. The van der Waals surface area contributed by atoms with Crippen molar-refractivity contribution in [3.05, 3.63) is 83.7 Å². The first-order chi connectivity index (χ1) is 20.4. The van der Waals surface area contributed by atoms with Crippen LogP contribution in [0.1, 0.15) is 44.7 Å². The zero-order chi connectivity index (χ0) is 31.7. The van der Waals surface area contributed by atoms with Gasteiger partial charge in [0.2, 0.25) is 11.8 Å². The monoisotopic (exact) mass is 613 g/mol. The summed E-state index contributed by atoms with van der Waals surface area (Å²) in [5.41, 5.74) is 1.90. The standard InChI is InChI=1S/C32H40FN3O6S/c1-7-23(4)34-32(38)28(8-2)35(20-24-11-9-22(3)10-12-24)31(37)21-36(26-15-13-25(33)14-16-26)43(39,40)27-17-18-29(41-5)30(19-27)42-6/h9-19,23,28H,7-8,20-21H2,1-6H3,(H,34,38)/t23-,28-/m1/s1. The van der Waals surface area contributed by atoms with Crippen molar-refractivity contribution in [2.45, 2.75) is 64.1 Å². The number of amides is 2. The molecule has 11 heteroatoms. The molecule has 0 aromatic heterocycles. The van der Waals surface area contributed by atoms with Crippen LogP contribution in [0.15, 0.2) is 71.6 Å². The molecule has 0 aliphatic heterocycles. The van der Waals surface area contributed by atoms with E-state index in [9.17, 15) is 22.4 Å². The average Bonchev–Trinajstić information content (AvgIpc) is 3.00. The Hall–Kier alpha value is -4.12. The van der Waals surface area contributed by atoms with Gasteiger partial charge in [0.1, 0.15) is 18.4 Å². The van der Waals surface area contributed by atoms with Crippen LogP contribution in [0.2, 0.25) is 0 Å². The maximum atomic E-state index is 14.1. The summed E-state index contributed by atoms with van der Waals surface area (Å²) in [6.45, 7) is 7.01. The molecule has 0 radical (unpaired) electrons. The summed E-state index contributed by atoms with van der Waals surface area (Å²) in [7, 11) is -1.57. The molecule has 1 N–H and O–H groups in total. The Morgan fingerprint density at radius 1 is 0.907 bits per heavy atom. The van der Waals surface area contributed by atoms with Gasteiger partial charge < -0.3 is 19.7 Å². The minimum Gasteiger partial charge on any atom is -0.493 e. The molecule has 0 aliphatic rings. The van der Waals surface area contributed by atoms with Crippen molar-refractivity contribution < 1.29 is 31.9 Å². The Kier molecular flexibility index (Phi) is 11.5. The van der Waals surface area contributed by atoms with Crippen LogP contribution in [0.5, 0.6) is 11.5 Å². The highest BCUT2D eigenvalue weighted by Crippen LogP contribution is 2.32. The van der Waals surface area contributed by atoms with Gasteiger partial charge in [-0.2, -0.15) is 0 Å². The molecule has 0 unspecified atom stereocenters. The number of ether oxygens (including phenoxy) is 2. The molecule has 0 saturated heterocycles. The summed E-state index contributed by atoms with van der Waals surface area (Å²) in [6, 6.07) is 15.5. The number of hydrogen-bond donors (Lipinski definition) is 1. The van der Waals surface area contributed by atoms with E-state index in [2.05, 4.69) is 5.32 Å². The number of carbonyl (C=O) groups excluding carboxylic acids is 2.